The molecule has 0 heterocycles. The molecule has 1 rings (SSSR count). The van der Waals surface area contributed by atoms with Crippen molar-refractivity contribution in [2.75, 3.05) is 13.2 Å². The summed E-state index contributed by atoms with van der Waals surface area (Å²) in [4.78, 5) is 0. The summed E-state index contributed by atoms with van der Waals surface area (Å²) in [6.45, 7) is 4.22. The highest BCUT2D eigenvalue weighted by Crippen LogP contribution is 2.28. The molecule has 78 valence electrons. The summed E-state index contributed by atoms with van der Waals surface area (Å²) in [7, 11) is 0. The molecular weight excluding hydrogens is 178 g/mol. The summed E-state index contributed by atoms with van der Waals surface area (Å²) in [5.41, 5.74) is 8.38. The lowest BCUT2D eigenvalue weighted by Crippen LogP contribution is -2.16. The van der Waals surface area contributed by atoms with Crippen molar-refractivity contribution >= 4 is 0 Å². The molecule has 1 unspecified atom stereocenters. The van der Waals surface area contributed by atoms with E-state index in [0.717, 1.165) is 16.7 Å². The number of aliphatic hydroxyl groups is 1. The topological polar surface area (TPSA) is 66.5 Å². The standard InChI is InChI=1S/C11H17NO2/c1-7-3-10(9(5-12)6-13)11(14)4-8(7)2/h3-4,9,13-14H,5-6,12H2,1-2H3. The Balaban J connectivity index is 3.14. The molecule has 0 aliphatic carbocycles. The summed E-state index contributed by atoms with van der Waals surface area (Å²) < 4.78 is 0. The van der Waals surface area contributed by atoms with Gasteiger partial charge in [-0.05, 0) is 31.0 Å². The van der Waals surface area contributed by atoms with Gasteiger partial charge in [0.2, 0.25) is 0 Å². The highest BCUT2D eigenvalue weighted by molar-refractivity contribution is 5.43. The zero-order valence-electron chi connectivity index (χ0n) is 8.62. The minimum Gasteiger partial charge on any atom is -0.508 e. The zero-order valence-corrected chi connectivity index (χ0v) is 8.62. The number of aliphatic hydroxyl groups excluding tert-OH is 1. The third-order valence-electron chi connectivity index (χ3n) is 2.59. The van der Waals surface area contributed by atoms with Crippen LogP contribution in [0.4, 0.5) is 0 Å². The molecule has 0 fully saturated rings. The predicted molar refractivity (Wildman–Crippen MR) is 56.5 cm³/mol. The van der Waals surface area contributed by atoms with Gasteiger partial charge in [0.05, 0.1) is 6.61 Å². The second-order valence-corrected chi connectivity index (χ2v) is 3.61. The molecule has 0 radical (unpaired) electrons. The molecule has 1 aromatic carbocycles. The average molecular weight is 195 g/mol. The van der Waals surface area contributed by atoms with Gasteiger partial charge in [-0.3, -0.25) is 0 Å². The average Bonchev–Trinajstić information content (AvgIpc) is 2.15. The molecule has 0 aliphatic rings. The molecule has 0 amide bonds. The van der Waals surface area contributed by atoms with E-state index in [4.69, 9.17) is 10.8 Å². The van der Waals surface area contributed by atoms with Gasteiger partial charge < -0.3 is 15.9 Å². The van der Waals surface area contributed by atoms with E-state index >= 15 is 0 Å². The van der Waals surface area contributed by atoms with E-state index in [1.54, 1.807) is 6.07 Å². The van der Waals surface area contributed by atoms with Crippen molar-refractivity contribution in [3.8, 4) is 5.75 Å². The Kier molecular flexibility index (Phi) is 3.49. The third-order valence-corrected chi connectivity index (χ3v) is 2.59. The predicted octanol–water partition coefficient (Wildman–Crippen LogP) is 1.04. The van der Waals surface area contributed by atoms with Gasteiger partial charge in [-0.15, -0.1) is 0 Å². The maximum absolute atomic E-state index is 9.68. The molecule has 3 heteroatoms. The van der Waals surface area contributed by atoms with Crippen LogP contribution in [0.15, 0.2) is 12.1 Å². The van der Waals surface area contributed by atoms with Crippen LogP contribution >= 0.6 is 0 Å². The summed E-state index contributed by atoms with van der Waals surface area (Å²) in [5, 5.41) is 18.8. The molecule has 0 aromatic heterocycles. The molecule has 3 nitrogen and oxygen atoms in total. The summed E-state index contributed by atoms with van der Waals surface area (Å²) >= 11 is 0. The van der Waals surface area contributed by atoms with Gasteiger partial charge in [0.1, 0.15) is 5.75 Å². The van der Waals surface area contributed by atoms with E-state index in [2.05, 4.69) is 0 Å². The molecule has 0 saturated heterocycles. The maximum Gasteiger partial charge on any atom is 0.119 e. The fourth-order valence-corrected chi connectivity index (χ4v) is 1.45. The second kappa shape index (κ2) is 4.44. The molecule has 14 heavy (non-hydrogen) atoms. The van der Waals surface area contributed by atoms with Crippen molar-refractivity contribution in [3.05, 3.63) is 28.8 Å². The Morgan fingerprint density at radius 3 is 2.36 bits per heavy atom. The number of benzene rings is 1. The zero-order chi connectivity index (χ0) is 10.7. The summed E-state index contributed by atoms with van der Waals surface area (Å²) in [6.07, 6.45) is 0. The molecular formula is C11H17NO2. The van der Waals surface area contributed by atoms with Gasteiger partial charge >= 0.3 is 0 Å². The molecule has 0 aliphatic heterocycles. The molecule has 0 saturated carbocycles. The Morgan fingerprint density at radius 1 is 1.29 bits per heavy atom. The SMILES string of the molecule is Cc1cc(O)c(C(CN)CO)cc1C. The van der Waals surface area contributed by atoms with Gasteiger partial charge in [0, 0.05) is 18.0 Å². The number of phenolic OH excluding ortho intramolecular Hbond substituents is 1. The minimum absolute atomic E-state index is 0.0352. The lowest BCUT2D eigenvalue weighted by atomic mass is 9.95. The van der Waals surface area contributed by atoms with Crippen LogP contribution in [0, 0.1) is 13.8 Å². The third kappa shape index (κ3) is 2.05. The van der Waals surface area contributed by atoms with Gasteiger partial charge in [-0.1, -0.05) is 6.07 Å². The Hall–Kier alpha value is -1.06. The normalized spacial score (nSPS) is 12.9. The van der Waals surface area contributed by atoms with Crippen LogP contribution in [0.1, 0.15) is 22.6 Å². The smallest absolute Gasteiger partial charge is 0.119 e. The molecule has 1 atom stereocenters. The fraction of sp³-hybridized carbons (Fsp3) is 0.455. The van der Waals surface area contributed by atoms with Crippen molar-refractivity contribution in [2.24, 2.45) is 5.73 Å². The van der Waals surface area contributed by atoms with Crippen LogP contribution in [0.2, 0.25) is 0 Å². The van der Waals surface area contributed by atoms with E-state index in [1.165, 1.54) is 0 Å². The number of hydrogen-bond acceptors (Lipinski definition) is 3. The van der Waals surface area contributed by atoms with Crippen LogP contribution in [0.3, 0.4) is 0 Å². The first-order valence-corrected chi connectivity index (χ1v) is 4.71. The highest BCUT2D eigenvalue weighted by atomic mass is 16.3. The van der Waals surface area contributed by atoms with Crippen molar-refractivity contribution < 1.29 is 10.2 Å². The Morgan fingerprint density at radius 2 is 1.86 bits per heavy atom. The van der Waals surface area contributed by atoms with Crippen LogP contribution in [-0.2, 0) is 0 Å². The van der Waals surface area contributed by atoms with E-state index < -0.39 is 0 Å². The minimum atomic E-state index is -0.172. The lowest BCUT2D eigenvalue weighted by Gasteiger charge is -2.15. The van der Waals surface area contributed by atoms with Crippen molar-refractivity contribution in [1.29, 1.82) is 0 Å². The van der Waals surface area contributed by atoms with Gasteiger partial charge in [-0.2, -0.15) is 0 Å². The quantitative estimate of drug-likeness (QED) is 0.675. The largest absolute Gasteiger partial charge is 0.508 e. The van der Waals surface area contributed by atoms with Crippen molar-refractivity contribution in [2.45, 2.75) is 19.8 Å². The molecule has 4 N–H and O–H groups in total. The van der Waals surface area contributed by atoms with Crippen molar-refractivity contribution in [3.63, 3.8) is 0 Å². The van der Waals surface area contributed by atoms with E-state index in [0.29, 0.717) is 6.54 Å². The molecule has 0 bridgehead atoms. The first-order chi connectivity index (χ1) is 6.60. The number of phenols is 1. The second-order valence-electron chi connectivity index (χ2n) is 3.61. The summed E-state index contributed by atoms with van der Waals surface area (Å²) in [6, 6.07) is 3.60. The van der Waals surface area contributed by atoms with Gasteiger partial charge in [0.15, 0.2) is 0 Å². The number of rotatable bonds is 3. The van der Waals surface area contributed by atoms with E-state index in [9.17, 15) is 5.11 Å². The maximum atomic E-state index is 9.68. The van der Waals surface area contributed by atoms with Crippen LogP contribution in [0.5, 0.6) is 5.75 Å². The number of hydrogen-bond donors (Lipinski definition) is 3. The molecule has 1 aromatic rings. The van der Waals surface area contributed by atoms with E-state index in [1.807, 2.05) is 19.9 Å². The van der Waals surface area contributed by atoms with E-state index in [-0.39, 0.29) is 18.3 Å². The number of aryl methyl sites for hydroxylation is 2. The van der Waals surface area contributed by atoms with Crippen molar-refractivity contribution in [1.82, 2.24) is 0 Å². The first-order valence-electron chi connectivity index (χ1n) is 4.71. The van der Waals surface area contributed by atoms with Gasteiger partial charge in [-0.25, -0.2) is 0 Å². The lowest BCUT2D eigenvalue weighted by molar-refractivity contribution is 0.265. The van der Waals surface area contributed by atoms with Gasteiger partial charge in [0.25, 0.3) is 0 Å². The van der Waals surface area contributed by atoms with Crippen LogP contribution in [-0.4, -0.2) is 23.4 Å². The number of aromatic hydroxyl groups is 1. The fourth-order valence-electron chi connectivity index (χ4n) is 1.45. The highest BCUT2D eigenvalue weighted by Gasteiger charge is 2.13. The Bertz CT molecular complexity index is 319. The summed E-state index contributed by atoms with van der Waals surface area (Å²) in [5.74, 6) is 0.0481. The van der Waals surface area contributed by atoms with Crippen LogP contribution < -0.4 is 5.73 Å². The molecule has 0 spiro atoms. The number of nitrogens with two attached hydrogens (primary N) is 1. The first kappa shape index (κ1) is 11.0. The Labute approximate surface area is 84.2 Å². The monoisotopic (exact) mass is 195 g/mol. The van der Waals surface area contributed by atoms with Crippen LogP contribution in [0.25, 0.3) is 0 Å².